The molecule has 4 nitrogen and oxygen atoms in total. The first-order valence-electron chi connectivity index (χ1n) is 7.52. The number of thiazole rings is 1. The van der Waals surface area contributed by atoms with E-state index in [0.717, 1.165) is 42.2 Å². The SMILES string of the molecule is COC(=O)C1CCCN1Cc1sc(-c2ccccc2)nc1C. The summed E-state index contributed by atoms with van der Waals surface area (Å²) in [7, 11) is 1.46. The Morgan fingerprint density at radius 2 is 2.18 bits per heavy atom. The molecule has 0 saturated carbocycles. The first kappa shape index (κ1) is 15.2. The molecule has 3 rings (SSSR count). The van der Waals surface area contributed by atoms with Crippen molar-refractivity contribution in [3.8, 4) is 10.6 Å². The van der Waals surface area contributed by atoms with Crippen LogP contribution in [0.1, 0.15) is 23.4 Å². The van der Waals surface area contributed by atoms with E-state index in [2.05, 4.69) is 22.0 Å². The normalized spacial score (nSPS) is 18.5. The summed E-state index contributed by atoms with van der Waals surface area (Å²) in [5, 5.41) is 1.04. The first-order valence-corrected chi connectivity index (χ1v) is 8.34. The molecule has 0 radical (unpaired) electrons. The standard InChI is InChI=1S/C17H20N2O2S/c1-12-15(11-19-10-6-9-14(19)17(20)21-2)22-16(18-12)13-7-4-3-5-8-13/h3-5,7-8,14H,6,9-11H2,1-2H3. The van der Waals surface area contributed by atoms with Gasteiger partial charge in [0.2, 0.25) is 0 Å². The van der Waals surface area contributed by atoms with Crippen LogP contribution in [0, 0.1) is 6.92 Å². The molecule has 0 bridgehead atoms. The van der Waals surface area contributed by atoms with Crippen molar-refractivity contribution in [2.75, 3.05) is 13.7 Å². The molecule has 0 spiro atoms. The van der Waals surface area contributed by atoms with Crippen LogP contribution in [0.2, 0.25) is 0 Å². The van der Waals surface area contributed by atoms with E-state index in [4.69, 9.17) is 4.74 Å². The summed E-state index contributed by atoms with van der Waals surface area (Å²) in [4.78, 5) is 20.0. The number of esters is 1. The molecule has 22 heavy (non-hydrogen) atoms. The van der Waals surface area contributed by atoms with Crippen LogP contribution in [0.5, 0.6) is 0 Å². The summed E-state index contributed by atoms with van der Waals surface area (Å²) in [6.07, 6.45) is 1.93. The molecule has 0 amide bonds. The molecule has 1 aliphatic rings. The lowest BCUT2D eigenvalue weighted by molar-refractivity contribution is -0.146. The number of methoxy groups -OCH3 is 1. The summed E-state index contributed by atoms with van der Waals surface area (Å²) in [6.45, 7) is 3.76. The third-order valence-electron chi connectivity index (χ3n) is 4.10. The van der Waals surface area contributed by atoms with Crippen LogP contribution < -0.4 is 0 Å². The number of aromatic nitrogens is 1. The van der Waals surface area contributed by atoms with E-state index in [-0.39, 0.29) is 12.0 Å². The zero-order chi connectivity index (χ0) is 15.5. The van der Waals surface area contributed by atoms with Crippen molar-refractivity contribution in [1.29, 1.82) is 0 Å². The third-order valence-corrected chi connectivity index (χ3v) is 5.29. The number of ether oxygens (including phenoxy) is 1. The fourth-order valence-corrected chi connectivity index (χ4v) is 3.98. The van der Waals surface area contributed by atoms with Crippen molar-refractivity contribution in [3.05, 3.63) is 40.9 Å². The molecule has 5 heteroatoms. The molecular weight excluding hydrogens is 296 g/mol. The molecule has 116 valence electrons. The quantitative estimate of drug-likeness (QED) is 0.812. The van der Waals surface area contributed by atoms with Gasteiger partial charge in [0.1, 0.15) is 11.0 Å². The Balaban J connectivity index is 1.78. The highest BCUT2D eigenvalue weighted by Gasteiger charge is 2.32. The van der Waals surface area contributed by atoms with Gasteiger partial charge in [0.25, 0.3) is 0 Å². The lowest BCUT2D eigenvalue weighted by Crippen LogP contribution is -2.36. The molecule has 2 aromatic rings. The summed E-state index contributed by atoms with van der Waals surface area (Å²) >= 11 is 1.72. The van der Waals surface area contributed by atoms with Crippen molar-refractivity contribution < 1.29 is 9.53 Å². The predicted octanol–water partition coefficient (Wildman–Crippen LogP) is 3.26. The molecule has 0 aliphatic carbocycles. The van der Waals surface area contributed by atoms with Crippen LogP contribution in [0.4, 0.5) is 0 Å². The van der Waals surface area contributed by atoms with Crippen molar-refractivity contribution >= 4 is 17.3 Å². The fraction of sp³-hybridized carbons (Fsp3) is 0.412. The maximum absolute atomic E-state index is 11.9. The Kier molecular flexibility index (Phi) is 4.55. The number of benzene rings is 1. The van der Waals surface area contributed by atoms with Crippen LogP contribution in [0.25, 0.3) is 10.6 Å². The van der Waals surface area contributed by atoms with Gasteiger partial charge in [-0.3, -0.25) is 9.69 Å². The minimum absolute atomic E-state index is 0.105. The van der Waals surface area contributed by atoms with Gasteiger partial charge in [-0.2, -0.15) is 0 Å². The third kappa shape index (κ3) is 3.05. The highest BCUT2D eigenvalue weighted by Crippen LogP contribution is 2.30. The average Bonchev–Trinajstić information content (AvgIpc) is 3.15. The number of hydrogen-bond donors (Lipinski definition) is 0. The lowest BCUT2D eigenvalue weighted by Gasteiger charge is -2.21. The summed E-state index contributed by atoms with van der Waals surface area (Å²) in [5.74, 6) is -0.122. The highest BCUT2D eigenvalue weighted by atomic mass is 32.1. The highest BCUT2D eigenvalue weighted by molar-refractivity contribution is 7.15. The van der Waals surface area contributed by atoms with Gasteiger partial charge in [-0.05, 0) is 26.3 Å². The van der Waals surface area contributed by atoms with Gasteiger partial charge in [0.05, 0.1) is 12.8 Å². The number of likely N-dealkylation sites (tertiary alicyclic amines) is 1. The number of nitrogens with zero attached hydrogens (tertiary/aromatic N) is 2. The number of rotatable bonds is 4. The van der Waals surface area contributed by atoms with Gasteiger partial charge in [0, 0.05) is 17.0 Å². The number of carbonyl (C=O) groups is 1. The Morgan fingerprint density at radius 1 is 1.41 bits per heavy atom. The van der Waals surface area contributed by atoms with Crippen molar-refractivity contribution in [2.24, 2.45) is 0 Å². The second-order valence-corrected chi connectivity index (χ2v) is 6.63. The first-order chi connectivity index (χ1) is 10.7. The van der Waals surface area contributed by atoms with Crippen LogP contribution in [0.15, 0.2) is 30.3 Å². The van der Waals surface area contributed by atoms with E-state index in [0.29, 0.717) is 0 Å². The lowest BCUT2D eigenvalue weighted by atomic mass is 10.2. The van der Waals surface area contributed by atoms with Gasteiger partial charge in [-0.1, -0.05) is 30.3 Å². The smallest absolute Gasteiger partial charge is 0.323 e. The molecule has 1 aromatic carbocycles. The fourth-order valence-electron chi connectivity index (χ4n) is 2.88. The van der Waals surface area contributed by atoms with E-state index in [1.165, 1.54) is 12.0 Å². The summed E-state index contributed by atoms with van der Waals surface area (Å²) < 4.78 is 4.91. The largest absolute Gasteiger partial charge is 0.468 e. The molecule has 1 aliphatic heterocycles. The molecule has 2 heterocycles. The summed E-state index contributed by atoms with van der Waals surface area (Å²) in [5.41, 5.74) is 2.20. The second-order valence-electron chi connectivity index (χ2n) is 5.55. The monoisotopic (exact) mass is 316 g/mol. The molecule has 1 fully saturated rings. The van der Waals surface area contributed by atoms with Crippen LogP contribution in [0.3, 0.4) is 0 Å². The molecule has 0 N–H and O–H groups in total. The van der Waals surface area contributed by atoms with E-state index >= 15 is 0 Å². The van der Waals surface area contributed by atoms with E-state index < -0.39 is 0 Å². The van der Waals surface area contributed by atoms with Gasteiger partial charge in [-0.25, -0.2) is 4.98 Å². The van der Waals surface area contributed by atoms with Crippen molar-refractivity contribution in [2.45, 2.75) is 32.4 Å². The second kappa shape index (κ2) is 6.58. The number of carbonyl (C=O) groups excluding carboxylic acids is 1. The van der Waals surface area contributed by atoms with Crippen molar-refractivity contribution in [1.82, 2.24) is 9.88 Å². The minimum Gasteiger partial charge on any atom is -0.468 e. The van der Waals surface area contributed by atoms with E-state index in [9.17, 15) is 4.79 Å². The van der Waals surface area contributed by atoms with Crippen LogP contribution in [-0.2, 0) is 16.1 Å². The molecule has 1 unspecified atom stereocenters. The minimum atomic E-state index is -0.122. The Morgan fingerprint density at radius 3 is 2.91 bits per heavy atom. The van der Waals surface area contributed by atoms with Gasteiger partial charge in [-0.15, -0.1) is 11.3 Å². The molecule has 1 saturated heterocycles. The number of hydrogen-bond acceptors (Lipinski definition) is 5. The maximum Gasteiger partial charge on any atom is 0.323 e. The van der Waals surface area contributed by atoms with E-state index in [1.54, 1.807) is 11.3 Å². The molecule has 1 atom stereocenters. The van der Waals surface area contributed by atoms with Gasteiger partial charge in [0.15, 0.2) is 0 Å². The topological polar surface area (TPSA) is 42.4 Å². The molecule has 1 aromatic heterocycles. The number of aryl methyl sites for hydroxylation is 1. The van der Waals surface area contributed by atoms with Gasteiger partial charge < -0.3 is 4.74 Å². The predicted molar refractivity (Wildman–Crippen MR) is 87.7 cm³/mol. The van der Waals surface area contributed by atoms with Crippen LogP contribution >= 0.6 is 11.3 Å². The average molecular weight is 316 g/mol. The Labute approximate surface area is 134 Å². The zero-order valence-corrected chi connectivity index (χ0v) is 13.7. The van der Waals surface area contributed by atoms with Gasteiger partial charge >= 0.3 is 5.97 Å². The van der Waals surface area contributed by atoms with Crippen molar-refractivity contribution in [3.63, 3.8) is 0 Å². The van der Waals surface area contributed by atoms with Crippen LogP contribution in [-0.4, -0.2) is 35.5 Å². The zero-order valence-electron chi connectivity index (χ0n) is 12.9. The Hall–Kier alpha value is -1.72. The van der Waals surface area contributed by atoms with E-state index in [1.807, 2.05) is 25.1 Å². The Bertz CT molecular complexity index is 654. The molecular formula is C17H20N2O2S. The summed E-state index contributed by atoms with van der Waals surface area (Å²) in [6, 6.07) is 10.1. The maximum atomic E-state index is 11.9.